The fourth-order valence-electron chi connectivity index (χ4n) is 6.03. The molecule has 0 spiro atoms. The first kappa shape index (κ1) is 38.8. The van der Waals surface area contributed by atoms with Gasteiger partial charge >= 0.3 is 5.97 Å². The minimum Gasteiger partial charge on any atom is -0.481 e. The van der Waals surface area contributed by atoms with Crippen LogP contribution < -0.4 is 38.1 Å². The van der Waals surface area contributed by atoms with Crippen LogP contribution in [-0.2, 0) is 46.4 Å². The number of benzene rings is 1. The second kappa shape index (κ2) is 18.8. The third-order valence-electron chi connectivity index (χ3n) is 8.61. The number of rotatable bonds is 10. The molecule has 2 aromatic rings. The molecule has 2 aliphatic rings. The highest BCUT2D eigenvalue weighted by Gasteiger charge is 2.39. The molecule has 0 bridgehead atoms. The number of nitrogens with one attached hydrogen (secondary N) is 6. The minimum atomic E-state index is -1.67. The number of carbonyl (C=O) groups excluding carboxylic acids is 6. The summed E-state index contributed by atoms with van der Waals surface area (Å²) in [6, 6.07) is 2.40. The van der Waals surface area contributed by atoms with Gasteiger partial charge in [-0.15, -0.1) is 0 Å². The summed E-state index contributed by atoms with van der Waals surface area (Å²) < 4.78 is 0. The Morgan fingerprint density at radius 1 is 0.885 bits per heavy atom. The number of guanidine groups is 1. The number of amides is 6. The molecule has 3 heterocycles. The smallest absolute Gasteiger partial charge is 0.305 e. The molecule has 0 aliphatic carbocycles. The van der Waals surface area contributed by atoms with Crippen molar-refractivity contribution in [3.63, 3.8) is 0 Å². The van der Waals surface area contributed by atoms with Gasteiger partial charge in [0.15, 0.2) is 5.96 Å². The molecule has 0 unspecified atom stereocenters. The van der Waals surface area contributed by atoms with E-state index in [1.54, 1.807) is 30.3 Å². The number of nitrogens with two attached hydrogens (primary N) is 2. The van der Waals surface area contributed by atoms with Gasteiger partial charge in [-0.05, 0) is 31.2 Å². The lowest BCUT2D eigenvalue weighted by Gasteiger charge is -2.30. The highest BCUT2D eigenvalue weighted by atomic mass is 16.4. The number of hydrogen-bond acceptors (Lipinski definition) is 9. The van der Waals surface area contributed by atoms with Crippen LogP contribution in [0.15, 0.2) is 47.8 Å². The number of carboxylic acids is 1. The molecule has 0 saturated carbocycles. The van der Waals surface area contributed by atoms with Crippen molar-refractivity contribution in [2.24, 2.45) is 16.5 Å². The number of aromatic amines is 1. The van der Waals surface area contributed by atoms with Crippen LogP contribution in [-0.4, -0.2) is 117 Å². The Kier molecular flexibility index (Phi) is 14.0. The molecule has 52 heavy (non-hydrogen) atoms. The van der Waals surface area contributed by atoms with E-state index >= 15 is 0 Å². The van der Waals surface area contributed by atoms with Crippen LogP contribution in [0.5, 0.6) is 0 Å². The number of carbonyl (C=O) groups is 7. The van der Waals surface area contributed by atoms with Gasteiger partial charge in [-0.2, -0.15) is 0 Å². The lowest BCUT2D eigenvalue weighted by Crippen LogP contribution is -2.59. The maximum atomic E-state index is 14.0. The number of fused-ring (bicyclic) bond motifs is 1. The summed E-state index contributed by atoms with van der Waals surface area (Å²) in [5.74, 6) is -5.83. The van der Waals surface area contributed by atoms with Crippen LogP contribution in [0.3, 0.4) is 0 Å². The topological polar surface area (TPSA) is 296 Å². The van der Waals surface area contributed by atoms with E-state index in [4.69, 9.17) is 11.5 Å². The van der Waals surface area contributed by atoms with E-state index in [2.05, 4.69) is 41.5 Å². The molecule has 5 atom stereocenters. The molecular weight excluding hydrogens is 678 g/mol. The van der Waals surface area contributed by atoms with Gasteiger partial charge < -0.3 is 53.0 Å². The van der Waals surface area contributed by atoms with Crippen molar-refractivity contribution in [1.29, 1.82) is 0 Å². The number of H-pyrrole nitrogens is 1. The first-order valence-electron chi connectivity index (χ1n) is 17.0. The molecule has 19 nitrogen and oxygen atoms in total. The molecule has 19 heteroatoms. The summed E-state index contributed by atoms with van der Waals surface area (Å²) in [6.45, 7) is 0.267. The van der Waals surface area contributed by atoms with Crippen molar-refractivity contribution < 1.29 is 38.7 Å². The first-order chi connectivity index (χ1) is 24.9. The predicted molar refractivity (Wildman–Crippen MR) is 185 cm³/mol. The summed E-state index contributed by atoms with van der Waals surface area (Å²) in [6.07, 6.45) is 2.76. The van der Waals surface area contributed by atoms with Crippen molar-refractivity contribution in [1.82, 2.24) is 41.5 Å². The second-order valence-electron chi connectivity index (χ2n) is 12.6. The standard InChI is InChI=1S/C33H45N11O8/c34-33(35)38-11-4-8-21-32(52)44-13-5-9-25(44)31(51)37-12-10-26(45)40-22(14-19-6-2-1-3-7-19)28(48)43-24(16-27(46)47)30(50)42-23(29(49)41-21)15-20-17-36-18-39-20/h1-3,6-7,17-18,21-25H,4-5,8-16H2,(H,36,39)(H,37,51)(H,40,45)(H,41,49)(H,42,50)(H,43,48)(H,46,47)(H4,34,35,38)/t21-,22-,23-,24-,25-/m0/s1. The van der Waals surface area contributed by atoms with Crippen molar-refractivity contribution >= 4 is 47.4 Å². The molecule has 1 aromatic carbocycles. The highest BCUT2D eigenvalue weighted by Crippen LogP contribution is 2.20. The Morgan fingerprint density at radius 2 is 1.56 bits per heavy atom. The number of aliphatic carboxylic acids is 1. The van der Waals surface area contributed by atoms with Gasteiger partial charge in [0.05, 0.1) is 12.7 Å². The van der Waals surface area contributed by atoms with E-state index in [-0.39, 0.29) is 57.7 Å². The summed E-state index contributed by atoms with van der Waals surface area (Å²) >= 11 is 0. The number of hydrogen-bond donors (Lipinski definition) is 9. The first-order valence-corrected chi connectivity index (χ1v) is 17.0. The van der Waals surface area contributed by atoms with Gasteiger partial charge in [0.1, 0.15) is 30.2 Å². The number of aromatic nitrogens is 2. The lowest BCUT2D eigenvalue weighted by molar-refractivity contribution is -0.142. The summed E-state index contributed by atoms with van der Waals surface area (Å²) in [5.41, 5.74) is 12.0. The van der Waals surface area contributed by atoms with Crippen LogP contribution in [0.25, 0.3) is 0 Å². The average Bonchev–Trinajstić information content (AvgIpc) is 3.81. The van der Waals surface area contributed by atoms with Gasteiger partial charge in [-0.25, -0.2) is 4.98 Å². The SMILES string of the molecule is NC(N)=NCCC[C@@H]1NC(=O)[C@H](Cc2cnc[nH]2)NC(=O)[C@H](CC(=O)O)NC(=O)[C@H](Cc2ccccc2)NC(=O)CCNC(=O)[C@@H]2CCCN2C1=O. The largest absolute Gasteiger partial charge is 0.481 e. The minimum absolute atomic E-state index is 0.000750. The Balaban J connectivity index is 1.69. The maximum Gasteiger partial charge on any atom is 0.305 e. The van der Waals surface area contributed by atoms with E-state index in [9.17, 15) is 38.7 Å². The summed E-state index contributed by atoms with van der Waals surface area (Å²) in [7, 11) is 0. The molecule has 2 fully saturated rings. The number of imidazole rings is 1. The molecule has 11 N–H and O–H groups in total. The second-order valence-corrected chi connectivity index (χ2v) is 12.6. The molecule has 4 rings (SSSR count). The van der Waals surface area contributed by atoms with E-state index in [1.165, 1.54) is 17.4 Å². The summed E-state index contributed by atoms with van der Waals surface area (Å²) in [4.78, 5) is 106. The van der Waals surface area contributed by atoms with E-state index in [0.29, 0.717) is 24.1 Å². The number of carboxylic acid groups (broad SMARTS) is 1. The lowest BCUT2D eigenvalue weighted by atomic mass is 10.0. The predicted octanol–water partition coefficient (Wildman–Crippen LogP) is -2.83. The van der Waals surface area contributed by atoms with E-state index in [0.717, 1.165) is 0 Å². The number of aliphatic imine (C=N–C) groups is 1. The van der Waals surface area contributed by atoms with Crippen LogP contribution in [0.4, 0.5) is 0 Å². The molecule has 2 aliphatic heterocycles. The molecule has 280 valence electrons. The van der Waals surface area contributed by atoms with Crippen LogP contribution in [0.2, 0.25) is 0 Å². The van der Waals surface area contributed by atoms with Crippen LogP contribution in [0.1, 0.15) is 49.8 Å². The Bertz CT molecular complexity index is 1610. The van der Waals surface area contributed by atoms with E-state index < -0.39 is 78.0 Å². The quantitative estimate of drug-likeness (QED) is 0.0684. The monoisotopic (exact) mass is 723 g/mol. The Hall–Kier alpha value is -6.01. The fraction of sp³-hybridized carbons (Fsp3) is 0.485. The van der Waals surface area contributed by atoms with Gasteiger partial charge in [0.2, 0.25) is 35.4 Å². The third kappa shape index (κ3) is 11.5. The maximum absolute atomic E-state index is 14.0. The fourth-order valence-corrected chi connectivity index (χ4v) is 6.03. The number of nitrogens with zero attached hydrogens (tertiary/aromatic N) is 3. The molecular formula is C33H45N11O8. The normalized spacial score (nSPS) is 23.8. The summed E-state index contributed by atoms with van der Waals surface area (Å²) in [5, 5.41) is 22.6. The third-order valence-corrected chi connectivity index (χ3v) is 8.61. The Morgan fingerprint density at radius 3 is 2.23 bits per heavy atom. The van der Waals surface area contributed by atoms with Gasteiger partial charge in [0.25, 0.3) is 0 Å². The average molecular weight is 724 g/mol. The van der Waals surface area contributed by atoms with Gasteiger partial charge in [0, 0.05) is 50.8 Å². The van der Waals surface area contributed by atoms with E-state index in [1.807, 2.05) is 0 Å². The zero-order chi connectivity index (χ0) is 37.6. The molecule has 6 amide bonds. The van der Waals surface area contributed by atoms with Crippen LogP contribution in [0, 0.1) is 0 Å². The van der Waals surface area contributed by atoms with Crippen molar-refractivity contribution in [2.75, 3.05) is 19.6 Å². The zero-order valence-corrected chi connectivity index (χ0v) is 28.5. The van der Waals surface area contributed by atoms with Gasteiger partial charge in [-0.3, -0.25) is 38.6 Å². The highest BCUT2D eigenvalue weighted by molar-refractivity contribution is 5.98. The molecule has 1 aromatic heterocycles. The zero-order valence-electron chi connectivity index (χ0n) is 28.5. The van der Waals surface area contributed by atoms with Crippen molar-refractivity contribution in [3.05, 3.63) is 54.1 Å². The van der Waals surface area contributed by atoms with Crippen molar-refractivity contribution in [2.45, 2.75) is 81.6 Å². The Labute approximate surface area is 299 Å². The molecule has 0 radical (unpaired) electrons. The van der Waals surface area contributed by atoms with Gasteiger partial charge in [-0.1, -0.05) is 30.3 Å². The van der Waals surface area contributed by atoms with Crippen LogP contribution >= 0.6 is 0 Å². The van der Waals surface area contributed by atoms with Crippen molar-refractivity contribution in [3.8, 4) is 0 Å². The molecule has 2 saturated heterocycles.